The summed E-state index contributed by atoms with van der Waals surface area (Å²) in [5.74, 6) is -0.610. The Morgan fingerprint density at radius 1 is 1.24 bits per heavy atom. The van der Waals surface area contributed by atoms with Crippen LogP contribution in [0.25, 0.3) is 16.8 Å². The molecule has 5 N–H and O–H groups in total. The highest BCUT2D eigenvalue weighted by atomic mass is 19.1. The number of nitrogens with two attached hydrogens (primary N) is 1. The molecule has 5 rings (SSSR count). The van der Waals surface area contributed by atoms with Crippen LogP contribution in [-0.2, 0) is 11.3 Å². The van der Waals surface area contributed by atoms with Crippen molar-refractivity contribution in [3.8, 4) is 11.1 Å². The fraction of sp³-hybridized carbons (Fsp3) is 0.300. The Labute approximate surface area is 242 Å². The maximum absolute atomic E-state index is 13.6. The number of halogens is 1. The van der Waals surface area contributed by atoms with E-state index in [1.807, 2.05) is 31.1 Å². The SMILES string of the molecule is CCC1C(C(N)=NC=N)=C(c2ccc(NC(=O)c3nn(CC4CCOC4)cc(-c4ccc(F)cc4)c3=O)cc2)NN1C. The molecule has 2 unspecified atom stereocenters. The number of hydrazine groups is 1. The van der Waals surface area contributed by atoms with Gasteiger partial charge in [-0.1, -0.05) is 31.2 Å². The summed E-state index contributed by atoms with van der Waals surface area (Å²) in [6, 6.07) is 12.6. The average Bonchev–Trinajstić information content (AvgIpc) is 3.62. The molecule has 42 heavy (non-hydrogen) atoms. The molecule has 3 heterocycles. The number of ether oxygens (including phenoxy) is 1. The van der Waals surface area contributed by atoms with Crippen molar-refractivity contribution in [2.75, 3.05) is 25.6 Å². The first-order valence-corrected chi connectivity index (χ1v) is 13.7. The van der Waals surface area contributed by atoms with Crippen molar-refractivity contribution in [1.29, 1.82) is 5.41 Å². The Kier molecular flexibility index (Phi) is 8.55. The number of amidine groups is 1. The molecule has 2 atom stereocenters. The van der Waals surface area contributed by atoms with Crippen molar-refractivity contribution in [2.45, 2.75) is 32.4 Å². The van der Waals surface area contributed by atoms with Crippen LogP contribution in [0, 0.1) is 17.1 Å². The van der Waals surface area contributed by atoms with E-state index in [-0.39, 0.29) is 29.1 Å². The van der Waals surface area contributed by atoms with Gasteiger partial charge in [0.05, 0.1) is 18.3 Å². The Balaban J connectivity index is 1.44. The van der Waals surface area contributed by atoms with Gasteiger partial charge in [-0.25, -0.2) is 14.4 Å². The lowest BCUT2D eigenvalue weighted by molar-refractivity contribution is 0.101. The molecule has 0 radical (unpaired) electrons. The van der Waals surface area contributed by atoms with Gasteiger partial charge in [0.25, 0.3) is 5.91 Å². The largest absolute Gasteiger partial charge is 0.383 e. The molecular weight excluding hydrogens is 539 g/mol. The maximum atomic E-state index is 13.6. The Morgan fingerprint density at radius 3 is 2.60 bits per heavy atom. The van der Waals surface area contributed by atoms with Gasteiger partial charge in [-0.15, -0.1) is 0 Å². The van der Waals surface area contributed by atoms with Crippen LogP contribution in [0.1, 0.15) is 35.8 Å². The molecule has 2 aliphatic heterocycles. The number of amides is 1. The lowest BCUT2D eigenvalue weighted by Crippen LogP contribution is -2.36. The maximum Gasteiger partial charge on any atom is 0.280 e. The van der Waals surface area contributed by atoms with Crippen LogP contribution in [0.15, 0.2) is 70.1 Å². The van der Waals surface area contributed by atoms with E-state index in [1.54, 1.807) is 23.0 Å². The molecule has 2 aromatic carbocycles. The monoisotopic (exact) mass is 572 g/mol. The van der Waals surface area contributed by atoms with E-state index in [2.05, 4.69) is 20.8 Å². The van der Waals surface area contributed by atoms with Gasteiger partial charge < -0.3 is 21.2 Å². The molecule has 1 fully saturated rings. The van der Waals surface area contributed by atoms with Gasteiger partial charge in [-0.2, -0.15) is 5.10 Å². The fourth-order valence-electron chi connectivity index (χ4n) is 5.33. The number of carbonyl (C=O) groups is 1. The predicted octanol–water partition coefficient (Wildman–Crippen LogP) is 3.24. The second-order valence-electron chi connectivity index (χ2n) is 10.3. The number of hydrogen-bond acceptors (Lipinski definition) is 7. The summed E-state index contributed by atoms with van der Waals surface area (Å²) in [5.41, 5.74) is 12.3. The first-order valence-electron chi connectivity index (χ1n) is 13.7. The Hall–Kier alpha value is -4.68. The van der Waals surface area contributed by atoms with Crippen LogP contribution in [0.3, 0.4) is 0 Å². The standard InChI is InChI=1S/C30H33FN8O3/c1-3-24-25(29(33)34-17-32)26(36-38(24)2)20-6-10-22(11-7-20)35-30(41)27-28(40)23(19-4-8-21(31)9-5-19)15-39(37-27)14-18-12-13-42-16-18/h4-11,15,17-18,24,36H,3,12-14,16H2,1-2H3,(H,35,41)(H3,32,33,34). The first-order chi connectivity index (χ1) is 20.3. The fourth-order valence-corrected chi connectivity index (χ4v) is 5.33. The van der Waals surface area contributed by atoms with E-state index in [4.69, 9.17) is 15.9 Å². The number of anilines is 1. The zero-order chi connectivity index (χ0) is 29.8. The molecule has 3 aromatic rings. The van der Waals surface area contributed by atoms with Crippen molar-refractivity contribution < 1.29 is 13.9 Å². The zero-order valence-electron chi connectivity index (χ0n) is 23.4. The summed E-state index contributed by atoms with van der Waals surface area (Å²) in [5, 5.41) is 16.4. The minimum absolute atomic E-state index is 0.0273. The predicted molar refractivity (Wildman–Crippen MR) is 160 cm³/mol. The number of hydrogen-bond donors (Lipinski definition) is 4. The van der Waals surface area contributed by atoms with Gasteiger partial charge in [0, 0.05) is 49.1 Å². The summed E-state index contributed by atoms with van der Waals surface area (Å²) in [6.07, 6.45) is 4.15. The Morgan fingerprint density at radius 2 is 1.95 bits per heavy atom. The number of rotatable bonds is 9. The molecule has 2 aliphatic rings. The van der Waals surface area contributed by atoms with Gasteiger partial charge in [0.1, 0.15) is 18.0 Å². The van der Waals surface area contributed by atoms with Crippen molar-refractivity contribution in [3.63, 3.8) is 0 Å². The highest BCUT2D eigenvalue weighted by Gasteiger charge is 2.32. The molecule has 1 saturated heterocycles. The average molecular weight is 573 g/mol. The normalized spacial score (nSPS) is 19.2. The van der Waals surface area contributed by atoms with Crippen molar-refractivity contribution in [2.24, 2.45) is 16.6 Å². The van der Waals surface area contributed by atoms with Gasteiger partial charge in [0.15, 0.2) is 5.69 Å². The smallest absolute Gasteiger partial charge is 0.280 e. The van der Waals surface area contributed by atoms with E-state index >= 15 is 0 Å². The van der Waals surface area contributed by atoms with Gasteiger partial charge in [-0.05, 0) is 48.2 Å². The zero-order valence-corrected chi connectivity index (χ0v) is 23.4. The van der Waals surface area contributed by atoms with Gasteiger partial charge >= 0.3 is 0 Å². The van der Waals surface area contributed by atoms with Crippen LogP contribution in [0.5, 0.6) is 0 Å². The summed E-state index contributed by atoms with van der Waals surface area (Å²) >= 11 is 0. The topological polar surface area (TPSA) is 151 Å². The molecule has 11 nitrogen and oxygen atoms in total. The van der Waals surface area contributed by atoms with Crippen LogP contribution in [-0.4, -0.2) is 59.2 Å². The molecule has 0 aliphatic carbocycles. The van der Waals surface area contributed by atoms with Crippen LogP contribution in [0.4, 0.5) is 10.1 Å². The summed E-state index contributed by atoms with van der Waals surface area (Å²) < 4.78 is 20.6. The number of aromatic nitrogens is 2. The molecule has 0 bridgehead atoms. The summed E-state index contributed by atoms with van der Waals surface area (Å²) in [7, 11) is 1.91. The minimum Gasteiger partial charge on any atom is -0.383 e. The highest BCUT2D eigenvalue weighted by Crippen LogP contribution is 2.29. The number of likely N-dealkylation sites (N-methyl/N-ethyl adjacent to an activating group) is 1. The lowest BCUT2D eigenvalue weighted by Gasteiger charge is -2.20. The van der Waals surface area contributed by atoms with E-state index in [0.29, 0.717) is 31.0 Å². The molecule has 218 valence electrons. The lowest BCUT2D eigenvalue weighted by atomic mass is 9.99. The van der Waals surface area contributed by atoms with Crippen LogP contribution >= 0.6 is 0 Å². The van der Waals surface area contributed by atoms with Crippen LogP contribution in [0.2, 0.25) is 0 Å². The third-order valence-corrected chi connectivity index (χ3v) is 7.46. The first kappa shape index (κ1) is 28.8. The van der Waals surface area contributed by atoms with E-state index in [0.717, 1.165) is 36.0 Å². The number of nitrogens with zero attached hydrogens (tertiary/aromatic N) is 4. The van der Waals surface area contributed by atoms with E-state index < -0.39 is 17.2 Å². The van der Waals surface area contributed by atoms with Crippen molar-refractivity contribution >= 4 is 29.5 Å². The van der Waals surface area contributed by atoms with Crippen molar-refractivity contribution in [3.05, 3.63) is 87.6 Å². The third-order valence-electron chi connectivity index (χ3n) is 7.46. The molecule has 1 amide bonds. The second-order valence-corrected chi connectivity index (χ2v) is 10.3. The molecule has 1 aromatic heterocycles. The Bertz CT molecular complexity index is 1590. The van der Waals surface area contributed by atoms with Crippen LogP contribution < -0.4 is 21.9 Å². The molecule has 12 heteroatoms. The number of aliphatic imine (C=N–C) groups is 1. The summed E-state index contributed by atoms with van der Waals surface area (Å²) in [4.78, 5) is 30.8. The number of carbonyl (C=O) groups excluding carboxylic acids is 1. The van der Waals surface area contributed by atoms with Crippen molar-refractivity contribution in [1.82, 2.24) is 20.2 Å². The number of benzene rings is 2. The van der Waals surface area contributed by atoms with E-state index in [1.165, 1.54) is 24.3 Å². The summed E-state index contributed by atoms with van der Waals surface area (Å²) in [6.45, 7) is 3.75. The van der Waals surface area contributed by atoms with E-state index in [9.17, 15) is 14.0 Å². The second kappa shape index (κ2) is 12.5. The quantitative estimate of drug-likeness (QED) is 0.227. The van der Waals surface area contributed by atoms with Gasteiger partial charge in [-0.3, -0.25) is 19.7 Å². The molecule has 0 spiro atoms. The molecule has 0 saturated carbocycles. The number of nitrogens with one attached hydrogen (secondary N) is 3. The third kappa shape index (κ3) is 5.99. The molecular formula is C30H33FN8O3. The highest BCUT2D eigenvalue weighted by molar-refractivity contribution is 6.08. The van der Waals surface area contributed by atoms with Gasteiger partial charge in [0.2, 0.25) is 5.43 Å². The minimum atomic E-state index is -0.653.